The van der Waals surface area contributed by atoms with E-state index in [0.717, 1.165) is 18.1 Å². The van der Waals surface area contributed by atoms with Crippen molar-refractivity contribution in [3.63, 3.8) is 0 Å². The van der Waals surface area contributed by atoms with Crippen LogP contribution in [0, 0.1) is 6.92 Å². The Kier molecular flexibility index (Phi) is 3.37. The largest absolute Gasteiger partial charge is 0.396 e. The summed E-state index contributed by atoms with van der Waals surface area (Å²) in [5.74, 6) is 0.993. The summed E-state index contributed by atoms with van der Waals surface area (Å²) in [5.41, 5.74) is 2.34. The number of aryl methyl sites for hydroxylation is 1. The van der Waals surface area contributed by atoms with Crippen LogP contribution < -0.4 is 0 Å². The summed E-state index contributed by atoms with van der Waals surface area (Å²) in [4.78, 5) is 4.28. The van der Waals surface area contributed by atoms with E-state index in [1.165, 1.54) is 5.56 Å². The molecule has 0 fully saturated rings. The summed E-state index contributed by atoms with van der Waals surface area (Å²) >= 11 is 0. The highest BCUT2D eigenvalue weighted by atomic mass is 16.3. The van der Waals surface area contributed by atoms with E-state index in [1.54, 1.807) is 0 Å². The number of hydrogen-bond donors (Lipinski definition) is 1. The van der Waals surface area contributed by atoms with Crippen LogP contribution in [0.5, 0.6) is 0 Å². The van der Waals surface area contributed by atoms with Crippen LogP contribution in [0.2, 0.25) is 0 Å². The van der Waals surface area contributed by atoms with Gasteiger partial charge < -0.3 is 9.67 Å². The molecule has 0 atom stereocenters. The Hall–Kier alpha value is -1.61. The summed E-state index contributed by atoms with van der Waals surface area (Å²) in [6.07, 6.45) is 2.50. The van der Waals surface area contributed by atoms with E-state index in [-0.39, 0.29) is 6.61 Å². The molecule has 0 amide bonds. The fraction of sp³-hybridized carbons (Fsp3) is 0.308. The molecule has 0 saturated carbocycles. The Labute approximate surface area is 95.4 Å². The predicted octanol–water partition coefficient (Wildman–Crippen LogP) is 1.77. The van der Waals surface area contributed by atoms with Crippen LogP contribution >= 0.6 is 0 Å². The van der Waals surface area contributed by atoms with Crippen molar-refractivity contribution in [3.05, 3.63) is 53.6 Å². The molecular weight excluding hydrogens is 200 g/mol. The summed E-state index contributed by atoms with van der Waals surface area (Å²) in [7, 11) is 0. The molecule has 3 nitrogen and oxygen atoms in total. The number of rotatable bonds is 4. The molecule has 0 aliphatic heterocycles. The fourth-order valence-electron chi connectivity index (χ4n) is 1.81. The molecule has 2 rings (SSSR count). The van der Waals surface area contributed by atoms with Crippen LogP contribution in [0.1, 0.15) is 17.1 Å². The lowest BCUT2D eigenvalue weighted by atomic mass is 10.2. The summed E-state index contributed by atoms with van der Waals surface area (Å²) in [6.45, 7) is 2.98. The molecule has 1 heterocycles. The van der Waals surface area contributed by atoms with Gasteiger partial charge in [0.25, 0.3) is 0 Å². The third-order valence-electron chi connectivity index (χ3n) is 2.69. The van der Waals surface area contributed by atoms with Crippen molar-refractivity contribution in [2.75, 3.05) is 6.61 Å². The maximum absolute atomic E-state index is 8.98. The Morgan fingerprint density at radius 3 is 2.69 bits per heavy atom. The zero-order valence-electron chi connectivity index (χ0n) is 9.43. The number of nitrogens with zero attached hydrogens (tertiary/aromatic N) is 2. The van der Waals surface area contributed by atoms with Crippen molar-refractivity contribution in [2.24, 2.45) is 0 Å². The number of hydrogen-bond acceptors (Lipinski definition) is 2. The highest BCUT2D eigenvalue weighted by Gasteiger charge is 2.06. The molecule has 2 aromatic rings. The van der Waals surface area contributed by atoms with Crippen molar-refractivity contribution in [1.29, 1.82) is 0 Å². The average molecular weight is 216 g/mol. The van der Waals surface area contributed by atoms with Gasteiger partial charge in [-0.25, -0.2) is 4.98 Å². The minimum Gasteiger partial charge on any atom is -0.396 e. The van der Waals surface area contributed by atoms with E-state index >= 15 is 0 Å². The number of aliphatic hydroxyl groups is 1. The van der Waals surface area contributed by atoms with Gasteiger partial charge in [-0.05, 0) is 12.5 Å². The molecule has 0 aliphatic carbocycles. The quantitative estimate of drug-likeness (QED) is 0.846. The van der Waals surface area contributed by atoms with Crippen LogP contribution in [0.25, 0.3) is 0 Å². The monoisotopic (exact) mass is 216 g/mol. The smallest absolute Gasteiger partial charge is 0.106 e. The zero-order chi connectivity index (χ0) is 11.4. The highest BCUT2D eigenvalue weighted by Crippen LogP contribution is 2.10. The van der Waals surface area contributed by atoms with Crippen molar-refractivity contribution in [3.8, 4) is 0 Å². The summed E-state index contributed by atoms with van der Waals surface area (Å²) < 4.78 is 2.14. The zero-order valence-corrected chi connectivity index (χ0v) is 9.43. The fourth-order valence-corrected chi connectivity index (χ4v) is 1.81. The van der Waals surface area contributed by atoms with Gasteiger partial charge in [-0.1, -0.05) is 30.3 Å². The minimum absolute atomic E-state index is 0.167. The third-order valence-corrected chi connectivity index (χ3v) is 2.69. The molecule has 0 unspecified atom stereocenters. The Bertz CT molecular complexity index is 448. The van der Waals surface area contributed by atoms with Crippen molar-refractivity contribution in [1.82, 2.24) is 9.55 Å². The minimum atomic E-state index is 0.167. The second-order valence-electron chi connectivity index (χ2n) is 3.84. The number of benzene rings is 1. The van der Waals surface area contributed by atoms with Crippen molar-refractivity contribution < 1.29 is 5.11 Å². The Morgan fingerprint density at radius 1 is 1.25 bits per heavy atom. The average Bonchev–Trinajstić information content (AvgIpc) is 2.64. The van der Waals surface area contributed by atoms with Gasteiger partial charge in [0.15, 0.2) is 0 Å². The van der Waals surface area contributed by atoms with Gasteiger partial charge in [0.2, 0.25) is 0 Å². The first-order valence-electron chi connectivity index (χ1n) is 5.47. The van der Waals surface area contributed by atoms with Crippen LogP contribution in [0.3, 0.4) is 0 Å². The molecule has 1 N–H and O–H groups in total. The first-order chi connectivity index (χ1) is 7.81. The van der Waals surface area contributed by atoms with Gasteiger partial charge >= 0.3 is 0 Å². The highest BCUT2D eigenvalue weighted by molar-refractivity contribution is 5.17. The topological polar surface area (TPSA) is 38.1 Å². The van der Waals surface area contributed by atoms with Crippen molar-refractivity contribution in [2.45, 2.75) is 19.9 Å². The molecular formula is C13H16N2O. The first kappa shape index (κ1) is 10.9. The number of imidazole rings is 1. The van der Waals surface area contributed by atoms with E-state index in [0.29, 0.717) is 6.42 Å². The molecule has 0 aliphatic rings. The van der Waals surface area contributed by atoms with E-state index in [2.05, 4.69) is 21.7 Å². The van der Waals surface area contributed by atoms with Crippen LogP contribution in [0.4, 0.5) is 0 Å². The Balaban J connectivity index is 2.23. The molecule has 0 radical (unpaired) electrons. The molecule has 16 heavy (non-hydrogen) atoms. The third kappa shape index (κ3) is 2.31. The van der Waals surface area contributed by atoms with E-state index in [1.807, 2.05) is 31.3 Å². The predicted molar refractivity (Wildman–Crippen MR) is 63.3 cm³/mol. The standard InChI is InChI=1S/C13H16N2O/c1-11-14-9-13(7-8-16)15(11)10-12-5-3-2-4-6-12/h2-6,9,16H,7-8,10H2,1H3. The second kappa shape index (κ2) is 4.94. The maximum atomic E-state index is 8.98. The SMILES string of the molecule is Cc1ncc(CCO)n1Cc1ccccc1. The normalized spacial score (nSPS) is 10.6. The molecule has 1 aromatic carbocycles. The van der Waals surface area contributed by atoms with Gasteiger partial charge in [0, 0.05) is 31.5 Å². The van der Waals surface area contributed by atoms with Gasteiger partial charge in [-0.15, -0.1) is 0 Å². The van der Waals surface area contributed by atoms with Crippen LogP contribution in [0.15, 0.2) is 36.5 Å². The Morgan fingerprint density at radius 2 is 2.00 bits per heavy atom. The maximum Gasteiger partial charge on any atom is 0.106 e. The molecule has 0 bridgehead atoms. The van der Waals surface area contributed by atoms with Crippen molar-refractivity contribution >= 4 is 0 Å². The van der Waals surface area contributed by atoms with Crippen LogP contribution in [-0.2, 0) is 13.0 Å². The molecule has 84 valence electrons. The van der Waals surface area contributed by atoms with Gasteiger partial charge in [-0.3, -0.25) is 0 Å². The van der Waals surface area contributed by atoms with E-state index < -0.39 is 0 Å². The van der Waals surface area contributed by atoms with Gasteiger partial charge in [0.05, 0.1) is 0 Å². The lowest BCUT2D eigenvalue weighted by Crippen LogP contribution is -2.07. The molecule has 3 heteroatoms. The van der Waals surface area contributed by atoms with E-state index in [9.17, 15) is 0 Å². The lowest BCUT2D eigenvalue weighted by molar-refractivity contribution is 0.296. The van der Waals surface area contributed by atoms with E-state index in [4.69, 9.17) is 5.11 Å². The number of aromatic nitrogens is 2. The van der Waals surface area contributed by atoms with Gasteiger partial charge in [-0.2, -0.15) is 0 Å². The summed E-state index contributed by atoms with van der Waals surface area (Å²) in [5, 5.41) is 8.98. The number of aliphatic hydroxyl groups excluding tert-OH is 1. The van der Waals surface area contributed by atoms with Crippen LogP contribution in [-0.4, -0.2) is 21.3 Å². The molecule has 1 aromatic heterocycles. The second-order valence-corrected chi connectivity index (χ2v) is 3.84. The first-order valence-corrected chi connectivity index (χ1v) is 5.47. The summed E-state index contributed by atoms with van der Waals surface area (Å²) in [6, 6.07) is 10.3. The lowest BCUT2D eigenvalue weighted by Gasteiger charge is -2.09. The molecule has 0 saturated heterocycles. The molecule has 0 spiro atoms. The van der Waals surface area contributed by atoms with Gasteiger partial charge in [0.1, 0.15) is 5.82 Å².